The van der Waals surface area contributed by atoms with Crippen molar-refractivity contribution in [2.75, 3.05) is 25.9 Å². The van der Waals surface area contributed by atoms with Gasteiger partial charge in [0.1, 0.15) is 16.7 Å². The van der Waals surface area contributed by atoms with E-state index in [-0.39, 0.29) is 5.41 Å². The first-order valence-corrected chi connectivity index (χ1v) is 11.4. The highest BCUT2D eigenvalue weighted by atomic mass is 32.3. The molecule has 144 valence electrons. The Hall–Kier alpha value is -1.60. The number of nitrogens with zero attached hydrogens (tertiary/aromatic N) is 3. The summed E-state index contributed by atoms with van der Waals surface area (Å²) >= 11 is 0. The molecule has 1 fully saturated rings. The normalized spacial score (nSPS) is 26.3. The Bertz CT molecular complexity index is 838. The lowest BCUT2D eigenvalue weighted by atomic mass is 9.75. The van der Waals surface area contributed by atoms with E-state index in [4.69, 9.17) is 0 Å². The Morgan fingerprint density at radius 3 is 2.74 bits per heavy atom. The molecule has 0 radical (unpaired) electrons. The van der Waals surface area contributed by atoms with Crippen molar-refractivity contribution in [2.45, 2.75) is 32.4 Å². The van der Waals surface area contributed by atoms with Crippen LogP contribution in [0, 0.1) is 5.41 Å². The standard InChI is InChI=1S/C21H27N3O2S/c1-27(25,26)24-15-20-8-3-2-7-19(20)12-21(17-24)9-5-11-23(16-21)14-18-6-4-10-22-13-18/h2-4,6-8,10,13H,5,9,11-12,14-17H2,1H3. The third kappa shape index (κ3) is 4.29. The molecule has 5 nitrogen and oxygen atoms in total. The molecule has 2 aromatic rings. The van der Waals surface area contributed by atoms with Crippen LogP contribution >= 0.6 is 0 Å². The summed E-state index contributed by atoms with van der Waals surface area (Å²) in [5, 5.41) is 0. The quantitative estimate of drug-likeness (QED) is 0.763. The van der Waals surface area contributed by atoms with Gasteiger partial charge >= 0.3 is 0 Å². The SMILES string of the molecule is C[S+](=O)([O-])N1Cc2ccccc2CC2(CCCN(Cc3cccnc3)C2)C1. The molecule has 1 spiro atoms. The Morgan fingerprint density at radius 1 is 1.19 bits per heavy atom. The molecule has 2 aliphatic rings. The van der Waals surface area contributed by atoms with E-state index in [2.05, 4.69) is 34.1 Å². The van der Waals surface area contributed by atoms with Gasteiger partial charge in [-0.2, -0.15) is 0 Å². The number of rotatable bonds is 3. The van der Waals surface area contributed by atoms with Gasteiger partial charge in [0.2, 0.25) is 0 Å². The van der Waals surface area contributed by atoms with Gasteiger partial charge < -0.3 is 4.55 Å². The van der Waals surface area contributed by atoms with E-state index in [0.717, 1.165) is 44.5 Å². The van der Waals surface area contributed by atoms with Crippen LogP contribution in [0.15, 0.2) is 48.8 Å². The average molecular weight is 386 g/mol. The van der Waals surface area contributed by atoms with Crippen LogP contribution in [0.2, 0.25) is 0 Å². The van der Waals surface area contributed by atoms with Crippen molar-refractivity contribution in [2.24, 2.45) is 5.41 Å². The van der Waals surface area contributed by atoms with Crippen LogP contribution in [-0.2, 0) is 34.1 Å². The number of likely N-dealkylation sites (tertiary alicyclic amines) is 1. The molecule has 1 saturated heterocycles. The highest BCUT2D eigenvalue weighted by Gasteiger charge is 2.43. The molecule has 1 aromatic heterocycles. The zero-order valence-electron chi connectivity index (χ0n) is 15.8. The molecule has 6 heteroatoms. The van der Waals surface area contributed by atoms with Crippen molar-refractivity contribution in [1.82, 2.24) is 14.2 Å². The number of benzene rings is 1. The molecule has 27 heavy (non-hydrogen) atoms. The lowest BCUT2D eigenvalue weighted by Gasteiger charge is -2.44. The van der Waals surface area contributed by atoms with Crippen LogP contribution < -0.4 is 0 Å². The first kappa shape index (κ1) is 18.7. The Morgan fingerprint density at radius 2 is 2.00 bits per heavy atom. The van der Waals surface area contributed by atoms with Gasteiger partial charge in [-0.05, 0) is 48.6 Å². The summed E-state index contributed by atoms with van der Waals surface area (Å²) in [6.07, 6.45) is 8.17. The lowest BCUT2D eigenvalue weighted by Crippen LogP contribution is -2.51. The molecule has 2 unspecified atom stereocenters. The minimum atomic E-state index is -3.24. The predicted molar refractivity (Wildman–Crippen MR) is 106 cm³/mol. The van der Waals surface area contributed by atoms with E-state index in [0.29, 0.717) is 13.1 Å². The topological polar surface area (TPSA) is 59.5 Å². The first-order chi connectivity index (χ1) is 12.9. The van der Waals surface area contributed by atoms with E-state index in [1.807, 2.05) is 18.3 Å². The molecule has 0 amide bonds. The summed E-state index contributed by atoms with van der Waals surface area (Å²) in [5.74, 6) is 0. The molecule has 0 aliphatic carbocycles. The molecular weight excluding hydrogens is 358 g/mol. The summed E-state index contributed by atoms with van der Waals surface area (Å²) in [4.78, 5) is 6.70. The van der Waals surface area contributed by atoms with Crippen molar-refractivity contribution in [3.05, 3.63) is 65.5 Å². The summed E-state index contributed by atoms with van der Waals surface area (Å²) in [6.45, 7) is 3.93. The molecular formula is C21H27N3O2S. The van der Waals surface area contributed by atoms with Gasteiger partial charge in [-0.1, -0.05) is 34.5 Å². The maximum absolute atomic E-state index is 12.5. The monoisotopic (exact) mass is 385 g/mol. The lowest BCUT2D eigenvalue weighted by molar-refractivity contribution is 0.0658. The summed E-state index contributed by atoms with van der Waals surface area (Å²) < 4.78 is 26.6. The van der Waals surface area contributed by atoms with Crippen LogP contribution in [0.4, 0.5) is 0 Å². The summed E-state index contributed by atoms with van der Waals surface area (Å²) in [6, 6.07) is 12.4. The minimum Gasteiger partial charge on any atom is -0.598 e. The van der Waals surface area contributed by atoms with Gasteiger partial charge in [0.25, 0.3) is 0 Å². The maximum Gasteiger partial charge on any atom is 0.122 e. The number of sulfonamides is 1. The second kappa shape index (κ2) is 7.43. The minimum absolute atomic E-state index is 0.0316. The molecule has 0 N–H and O–H groups in total. The second-order valence-electron chi connectivity index (χ2n) is 8.15. The predicted octanol–water partition coefficient (Wildman–Crippen LogP) is 2.90. The van der Waals surface area contributed by atoms with Gasteiger partial charge in [0.15, 0.2) is 0 Å². The van der Waals surface area contributed by atoms with Crippen molar-refractivity contribution >= 4 is 10.4 Å². The van der Waals surface area contributed by atoms with Crippen molar-refractivity contribution in [1.29, 1.82) is 0 Å². The Balaban J connectivity index is 1.62. The molecule has 4 rings (SSSR count). The fourth-order valence-corrected chi connectivity index (χ4v) is 5.55. The van der Waals surface area contributed by atoms with Crippen LogP contribution in [0.5, 0.6) is 0 Å². The Kier molecular flexibility index (Phi) is 5.16. The largest absolute Gasteiger partial charge is 0.598 e. The highest BCUT2D eigenvalue weighted by molar-refractivity contribution is 7.94. The van der Waals surface area contributed by atoms with Gasteiger partial charge in [0.05, 0.1) is 13.1 Å². The van der Waals surface area contributed by atoms with Crippen LogP contribution in [-0.4, -0.2) is 44.6 Å². The maximum atomic E-state index is 12.5. The van der Waals surface area contributed by atoms with E-state index < -0.39 is 10.4 Å². The Labute approximate surface area is 162 Å². The molecule has 3 heterocycles. The molecule has 0 saturated carbocycles. The smallest absolute Gasteiger partial charge is 0.122 e. The number of fused-ring (bicyclic) bond motifs is 1. The average Bonchev–Trinajstić information content (AvgIpc) is 2.79. The molecule has 2 atom stereocenters. The van der Waals surface area contributed by atoms with E-state index in [1.165, 1.54) is 17.4 Å². The van der Waals surface area contributed by atoms with Crippen LogP contribution in [0.25, 0.3) is 0 Å². The number of pyridine rings is 1. The van der Waals surface area contributed by atoms with Gasteiger partial charge in [0, 0.05) is 30.9 Å². The zero-order chi connectivity index (χ0) is 18.9. The third-order valence-electron chi connectivity index (χ3n) is 5.88. The fourth-order valence-electron chi connectivity index (χ4n) is 4.67. The molecule has 2 aliphatic heterocycles. The highest BCUT2D eigenvalue weighted by Crippen LogP contribution is 2.39. The van der Waals surface area contributed by atoms with E-state index in [9.17, 15) is 8.76 Å². The van der Waals surface area contributed by atoms with Crippen molar-refractivity contribution in [3.63, 3.8) is 0 Å². The summed E-state index contributed by atoms with van der Waals surface area (Å²) in [5.41, 5.74) is 3.62. The van der Waals surface area contributed by atoms with Gasteiger partial charge in [-0.25, -0.2) is 0 Å². The second-order valence-corrected chi connectivity index (χ2v) is 10.1. The fraction of sp³-hybridized carbons (Fsp3) is 0.476. The summed E-state index contributed by atoms with van der Waals surface area (Å²) in [7, 11) is -3.24. The molecule has 1 aromatic carbocycles. The number of aromatic nitrogens is 1. The van der Waals surface area contributed by atoms with Gasteiger partial charge in [-0.3, -0.25) is 9.88 Å². The molecule has 0 bridgehead atoms. The third-order valence-corrected chi connectivity index (χ3v) is 7.08. The van der Waals surface area contributed by atoms with Crippen molar-refractivity contribution < 1.29 is 8.76 Å². The van der Waals surface area contributed by atoms with Gasteiger partial charge in [-0.15, -0.1) is 4.31 Å². The zero-order valence-corrected chi connectivity index (χ0v) is 16.7. The number of hydrogen-bond donors (Lipinski definition) is 0. The van der Waals surface area contributed by atoms with E-state index in [1.54, 1.807) is 10.5 Å². The van der Waals surface area contributed by atoms with Crippen molar-refractivity contribution in [3.8, 4) is 0 Å². The van der Waals surface area contributed by atoms with Crippen LogP contribution in [0.1, 0.15) is 29.5 Å². The van der Waals surface area contributed by atoms with Crippen LogP contribution in [0.3, 0.4) is 0 Å². The number of piperidine rings is 1. The first-order valence-electron chi connectivity index (χ1n) is 9.57. The van der Waals surface area contributed by atoms with E-state index >= 15 is 0 Å². The number of hydrogen-bond acceptors (Lipinski definition) is 4.